The van der Waals surface area contributed by atoms with Gasteiger partial charge in [-0.15, -0.1) is 0 Å². The van der Waals surface area contributed by atoms with E-state index in [9.17, 15) is 9.59 Å². The highest BCUT2D eigenvalue weighted by Gasteiger charge is 2.23. The van der Waals surface area contributed by atoms with Gasteiger partial charge in [0, 0.05) is 23.9 Å². The number of rotatable bonds is 17. The number of ketones is 1. The molecule has 0 atom stereocenters. The number of nitrogens with zero attached hydrogens (tertiary/aromatic N) is 1. The Bertz CT molecular complexity index is 1240. The first-order valence-electron chi connectivity index (χ1n) is 15.2. The predicted octanol–water partition coefficient (Wildman–Crippen LogP) is 8.88. The van der Waals surface area contributed by atoms with E-state index in [4.69, 9.17) is 9.15 Å². The van der Waals surface area contributed by atoms with Crippen LogP contribution in [-0.2, 0) is 11.2 Å². The number of ether oxygens (including phenoxy) is 1. The van der Waals surface area contributed by atoms with Crippen LogP contribution in [0.25, 0.3) is 17.0 Å². The van der Waals surface area contributed by atoms with Crippen molar-refractivity contribution in [3.05, 3.63) is 76.6 Å². The zero-order valence-electron chi connectivity index (χ0n) is 25.1. The second-order valence-corrected chi connectivity index (χ2v) is 10.9. The Kier molecular flexibility index (Phi) is 12.7. The largest absolute Gasteiger partial charge is 0.460 e. The fraction of sp³-hybridized carbons (Fsp3) is 0.486. The summed E-state index contributed by atoms with van der Waals surface area (Å²) in [5, 5.41) is 0.665. The molecule has 0 radical (unpaired) electrons. The number of carbonyl (C=O) groups excluding carboxylic acids is 2. The summed E-state index contributed by atoms with van der Waals surface area (Å²) in [6, 6.07) is 13.0. The molecule has 40 heavy (non-hydrogen) atoms. The molecule has 0 bridgehead atoms. The Morgan fingerprint density at radius 3 is 2.15 bits per heavy atom. The first kappa shape index (κ1) is 31.3. The highest BCUT2D eigenvalue weighted by Crippen LogP contribution is 2.31. The van der Waals surface area contributed by atoms with Crippen LogP contribution in [0.4, 0.5) is 0 Å². The van der Waals surface area contributed by atoms with E-state index in [1.54, 1.807) is 18.2 Å². The Balaban J connectivity index is 1.84. The van der Waals surface area contributed by atoms with Crippen LogP contribution in [0.1, 0.15) is 117 Å². The van der Waals surface area contributed by atoms with Gasteiger partial charge in [0.15, 0.2) is 5.78 Å². The molecule has 1 aromatic heterocycles. The zero-order valence-corrected chi connectivity index (χ0v) is 25.1. The molecular formula is C35H47NO4. The van der Waals surface area contributed by atoms with Gasteiger partial charge in [-0.2, -0.15) is 0 Å². The van der Waals surface area contributed by atoms with Gasteiger partial charge in [0.1, 0.15) is 11.3 Å². The van der Waals surface area contributed by atoms with Crippen LogP contribution in [0, 0.1) is 0 Å². The Hall–Kier alpha value is -3.18. The lowest BCUT2D eigenvalue weighted by molar-refractivity contribution is 0.0378. The molecule has 5 nitrogen and oxygen atoms in total. The summed E-state index contributed by atoms with van der Waals surface area (Å²) in [5.74, 6) is 0.203. The van der Waals surface area contributed by atoms with Crippen LogP contribution in [0.5, 0.6) is 0 Å². The lowest BCUT2D eigenvalue weighted by atomic mass is 9.96. The van der Waals surface area contributed by atoms with E-state index in [2.05, 4.69) is 37.8 Å². The van der Waals surface area contributed by atoms with Crippen molar-refractivity contribution in [3.63, 3.8) is 0 Å². The quantitative estimate of drug-likeness (QED) is 0.0963. The predicted molar refractivity (Wildman–Crippen MR) is 165 cm³/mol. The van der Waals surface area contributed by atoms with Gasteiger partial charge in [0.05, 0.1) is 17.2 Å². The van der Waals surface area contributed by atoms with Gasteiger partial charge in [-0.05, 0) is 70.0 Å². The van der Waals surface area contributed by atoms with Crippen molar-refractivity contribution in [1.29, 1.82) is 0 Å². The molecule has 0 unspecified atom stereocenters. The smallest absolute Gasteiger partial charge is 0.338 e. The van der Waals surface area contributed by atoms with E-state index in [1.807, 2.05) is 38.1 Å². The number of aryl methyl sites for hydroxylation is 1. The van der Waals surface area contributed by atoms with Crippen molar-refractivity contribution >= 4 is 28.8 Å². The Morgan fingerprint density at radius 1 is 0.875 bits per heavy atom. The van der Waals surface area contributed by atoms with Gasteiger partial charge in [0.25, 0.3) is 0 Å². The van der Waals surface area contributed by atoms with E-state index in [0.717, 1.165) is 44.5 Å². The third-order valence-electron chi connectivity index (χ3n) is 7.08. The van der Waals surface area contributed by atoms with Crippen molar-refractivity contribution in [3.8, 4) is 0 Å². The molecule has 0 aliphatic heterocycles. The first-order chi connectivity index (χ1) is 19.4. The van der Waals surface area contributed by atoms with Gasteiger partial charge < -0.3 is 9.15 Å². The molecule has 2 aromatic carbocycles. The number of carbonyl (C=O) groups is 2. The molecule has 0 aliphatic carbocycles. The second kappa shape index (κ2) is 16.2. The van der Waals surface area contributed by atoms with E-state index >= 15 is 0 Å². The maximum Gasteiger partial charge on any atom is 0.338 e. The molecule has 216 valence electrons. The van der Waals surface area contributed by atoms with Crippen molar-refractivity contribution in [2.45, 2.75) is 92.1 Å². The molecule has 0 amide bonds. The first-order valence-corrected chi connectivity index (χ1v) is 15.2. The normalized spacial score (nSPS) is 11.8. The molecule has 0 fully saturated rings. The fourth-order valence-corrected chi connectivity index (χ4v) is 4.80. The molecule has 0 aliphatic rings. The monoisotopic (exact) mass is 545 g/mol. The van der Waals surface area contributed by atoms with Crippen molar-refractivity contribution < 1.29 is 18.7 Å². The van der Waals surface area contributed by atoms with E-state index < -0.39 is 5.97 Å². The molecular weight excluding hydrogens is 498 g/mol. The van der Waals surface area contributed by atoms with Gasteiger partial charge in [0.2, 0.25) is 0 Å². The van der Waals surface area contributed by atoms with Crippen LogP contribution in [-0.4, -0.2) is 42.4 Å². The Morgan fingerprint density at radius 2 is 1.52 bits per heavy atom. The summed E-state index contributed by atoms with van der Waals surface area (Å²) in [6.07, 6.45) is 12.8. The lowest BCUT2D eigenvalue weighted by Gasteiger charge is -2.19. The number of benzene rings is 2. The summed E-state index contributed by atoms with van der Waals surface area (Å²) in [6.45, 7) is 13.5. The second-order valence-electron chi connectivity index (χ2n) is 10.9. The number of hydrogen-bond donors (Lipinski definition) is 0. The molecule has 1 heterocycles. The average Bonchev–Trinajstić information content (AvgIpc) is 3.31. The third kappa shape index (κ3) is 8.92. The summed E-state index contributed by atoms with van der Waals surface area (Å²) in [4.78, 5) is 28.9. The molecule has 3 rings (SSSR count). The van der Waals surface area contributed by atoms with Crippen LogP contribution in [0.2, 0.25) is 0 Å². The van der Waals surface area contributed by atoms with Crippen LogP contribution in [0.15, 0.2) is 53.0 Å². The standard InChI is InChI=1S/C35H47NO4/c1-6-9-12-15-32-33(30-25-29(20-21-31(30)40-32)35(38)39-26(4)5)34(37)28-18-16-27(17-19-28)14-13-24-36(22-10-7-2)23-11-8-3/h13-14,16-21,25-26H,6-12,15,22-24H2,1-5H3/b14-13+. The molecule has 0 saturated heterocycles. The minimum atomic E-state index is -0.400. The molecule has 3 aromatic rings. The highest BCUT2D eigenvalue weighted by atomic mass is 16.5. The number of esters is 1. The number of hydrogen-bond acceptors (Lipinski definition) is 5. The summed E-state index contributed by atoms with van der Waals surface area (Å²) in [5.41, 5.74) is 3.27. The maximum absolute atomic E-state index is 13.8. The lowest BCUT2D eigenvalue weighted by Crippen LogP contribution is -2.26. The van der Waals surface area contributed by atoms with Crippen molar-refractivity contribution in [2.75, 3.05) is 19.6 Å². The highest BCUT2D eigenvalue weighted by molar-refractivity contribution is 6.17. The summed E-state index contributed by atoms with van der Waals surface area (Å²) >= 11 is 0. The molecule has 0 spiro atoms. The van der Waals surface area contributed by atoms with Gasteiger partial charge >= 0.3 is 5.97 Å². The SMILES string of the molecule is CCCCCc1oc2ccc(C(=O)OC(C)C)cc2c1C(=O)c1ccc(/C=C/CN(CCCC)CCCC)cc1. The number of fused-ring (bicyclic) bond motifs is 1. The van der Waals surface area contributed by atoms with Crippen LogP contribution >= 0.6 is 0 Å². The van der Waals surface area contributed by atoms with Crippen LogP contribution in [0.3, 0.4) is 0 Å². The van der Waals surface area contributed by atoms with Crippen molar-refractivity contribution in [2.24, 2.45) is 0 Å². The fourth-order valence-electron chi connectivity index (χ4n) is 4.80. The van der Waals surface area contributed by atoms with Crippen LogP contribution < -0.4 is 0 Å². The molecule has 0 N–H and O–H groups in total. The zero-order chi connectivity index (χ0) is 28.9. The minimum absolute atomic E-state index is 0.0829. The van der Waals surface area contributed by atoms with Gasteiger partial charge in [-0.1, -0.05) is 82.9 Å². The van der Waals surface area contributed by atoms with E-state index in [-0.39, 0.29) is 11.9 Å². The summed E-state index contributed by atoms with van der Waals surface area (Å²) in [7, 11) is 0. The topological polar surface area (TPSA) is 59.8 Å². The van der Waals surface area contributed by atoms with Gasteiger partial charge in [-0.3, -0.25) is 9.69 Å². The van der Waals surface area contributed by atoms with Gasteiger partial charge in [-0.25, -0.2) is 4.79 Å². The molecule has 5 heteroatoms. The Labute approximate surface area is 240 Å². The number of unbranched alkanes of at least 4 members (excludes halogenated alkanes) is 4. The third-order valence-corrected chi connectivity index (χ3v) is 7.08. The van der Waals surface area contributed by atoms with Crippen molar-refractivity contribution in [1.82, 2.24) is 4.90 Å². The minimum Gasteiger partial charge on any atom is -0.460 e. The number of furan rings is 1. The maximum atomic E-state index is 13.8. The van der Waals surface area contributed by atoms with E-state index in [1.165, 1.54) is 25.7 Å². The summed E-state index contributed by atoms with van der Waals surface area (Å²) < 4.78 is 11.6. The average molecular weight is 546 g/mol. The molecule has 0 saturated carbocycles. The van der Waals surface area contributed by atoms with E-state index in [0.29, 0.717) is 39.8 Å².